The quantitative estimate of drug-likeness (QED) is 0.392. The summed E-state index contributed by atoms with van der Waals surface area (Å²) in [5.41, 5.74) is 1.95. The number of carbonyl (C=O) groups is 2. The first-order valence-electron chi connectivity index (χ1n) is 10.6. The molecule has 168 valence electrons. The third kappa shape index (κ3) is 4.21. The number of furan rings is 2. The van der Waals surface area contributed by atoms with Gasteiger partial charge in [-0.2, -0.15) is 5.10 Å². The van der Waals surface area contributed by atoms with Crippen molar-refractivity contribution < 1.29 is 23.2 Å². The zero-order valence-corrected chi connectivity index (χ0v) is 18.3. The lowest BCUT2D eigenvalue weighted by Gasteiger charge is -2.27. The van der Waals surface area contributed by atoms with Crippen LogP contribution in [0.3, 0.4) is 0 Å². The van der Waals surface area contributed by atoms with Gasteiger partial charge >= 0.3 is 5.97 Å². The Labute approximate surface area is 194 Å². The van der Waals surface area contributed by atoms with Gasteiger partial charge in [0.05, 0.1) is 23.8 Å². The molecule has 0 aromatic carbocycles. The molecule has 3 aromatic heterocycles. The minimum absolute atomic E-state index is 0.0172. The minimum atomic E-state index is -0.723. The number of ether oxygens (including phenoxy) is 1. The number of nitrogens with zero attached hydrogens (tertiary/aromatic N) is 3. The third-order valence-corrected chi connectivity index (χ3v) is 6.06. The molecule has 3 aromatic rings. The van der Waals surface area contributed by atoms with Crippen molar-refractivity contribution in [3.63, 3.8) is 0 Å². The second-order valence-electron chi connectivity index (χ2n) is 7.79. The number of rotatable bonds is 5. The van der Waals surface area contributed by atoms with Crippen molar-refractivity contribution in [2.45, 2.75) is 25.3 Å². The second kappa shape index (κ2) is 9.07. The Kier molecular flexibility index (Phi) is 5.83. The lowest BCUT2D eigenvalue weighted by Crippen LogP contribution is -2.34. The summed E-state index contributed by atoms with van der Waals surface area (Å²) in [5, 5.41) is 6.07. The number of amides is 1. The maximum Gasteiger partial charge on any atom is 0.341 e. The summed E-state index contributed by atoms with van der Waals surface area (Å²) in [6, 6.07) is 9.96. The smallest absolute Gasteiger partial charge is 0.341 e. The topological polar surface area (TPSA) is 98.1 Å². The highest BCUT2D eigenvalue weighted by atomic mass is 35.5. The van der Waals surface area contributed by atoms with E-state index in [-0.39, 0.29) is 16.6 Å². The van der Waals surface area contributed by atoms with Crippen molar-refractivity contribution in [2.24, 2.45) is 11.0 Å². The van der Waals surface area contributed by atoms with Gasteiger partial charge in [0, 0.05) is 12.1 Å². The van der Waals surface area contributed by atoms with Crippen LogP contribution < -0.4 is 0 Å². The van der Waals surface area contributed by atoms with E-state index in [1.165, 1.54) is 17.3 Å². The first-order chi connectivity index (χ1) is 16.1. The third-order valence-electron chi connectivity index (χ3n) is 5.76. The average Bonchev–Trinajstić information content (AvgIpc) is 3.58. The molecule has 9 heteroatoms. The number of fused-ring (bicyclic) bond motifs is 1. The van der Waals surface area contributed by atoms with E-state index in [2.05, 4.69) is 10.1 Å². The van der Waals surface area contributed by atoms with E-state index in [1.54, 1.807) is 24.7 Å². The molecule has 0 radical (unpaired) electrons. The number of hydrazone groups is 1. The van der Waals surface area contributed by atoms with Crippen LogP contribution in [-0.4, -0.2) is 34.2 Å². The van der Waals surface area contributed by atoms with Crippen LogP contribution in [0.5, 0.6) is 0 Å². The van der Waals surface area contributed by atoms with Crippen molar-refractivity contribution in [2.75, 3.05) is 6.61 Å². The standard InChI is InChI=1S/C24H20ClN3O5/c25-23-18(8-2-10-26-23)24(30)33-14-20(29)28-22(19-9-4-12-32-19)17-7-1-5-15(21(17)27-28)13-16-6-3-11-31-16/h2-4,6,8-13,17,22H,1,5,7,14H2. The first-order valence-corrected chi connectivity index (χ1v) is 11.0. The van der Waals surface area contributed by atoms with Crippen molar-refractivity contribution in [3.8, 4) is 0 Å². The number of esters is 1. The van der Waals surface area contributed by atoms with E-state index in [9.17, 15) is 9.59 Å². The maximum absolute atomic E-state index is 13.2. The van der Waals surface area contributed by atoms with E-state index in [4.69, 9.17) is 25.2 Å². The van der Waals surface area contributed by atoms with Gasteiger partial charge in [-0.3, -0.25) is 4.79 Å². The van der Waals surface area contributed by atoms with Crippen LogP contribution in [0.2, 0.25) is 5.15 Å². The van der Waals surface area contributed by atoms with Gasteiger partial charge in [-0.25, -0.2) is 14.8 Å². The number of allylic oxidation sites excluding steroid dienone is 1. The van der Waals surface area contributed by atoms with Crippen LogP contribution in [-0.2, 0) is 9.53 Å². The molecule has 1 saturated carbocycles. The Hall–Kier alpha value is -3.65. The van der Waals surface area contributed by atoms with E-state index < -0.39 is 24.5 Å². The molecule has 1 amide bonds. The molecule has 0 N–H and O–H groups in total. The van der Waals surface area contributed by atoms with E-state index >= 15 is 0 Å². The number of hydrogen-bond donors (Lipinski definition) is 0. The molecule has 2 atom stereocenters. The predicted octanol–water partition coefficient (Wildman–Crippen LogP) is 4.90. The summed E-state index contributed by atoms with van der Waals surface area (Å²) >= 11 is 5.95. The fourth-order valence-corrected chi connectivity index (χ4v) is 4.50. The molecule has 8 nitrogen and oxygen atoms in total. The van der Waals surface area contributed by atoms with Gasteiger partial charge in [0.25, 0.3) is 5.91 Å². The van der Waals surface area contributed by atoms with Gasteiger partial charge < -0.3 is 13.6 Å². The number of pyridine rings is 1. The number of aromatic nitrogens is 1. The number of halogens is 1. The van der Waals surface area contributed by atoms with Crippen LogP contribution in [0.25, 0.3) is 6.08 Å². The fourth-order valence-electron chi connectivity index (χ4n) is 4.30. The van der Waals surface area contributed by atoms with Crippen LogP contribution in [0.1, 0.15) is 47.2 Å². The highest BCUT2D eigenvalue weighted by Gasteiger charge is 2.45. The second-order valence-corrected chi connectivity index (χ2v) is 8.14. The Bertz CT molecular complexity index is 1220. The number of carbonyl (C=O) groups excluding carboxylic acids is 2. The van der Waals surface area contributed by atoms with Crippen LogP contribution in [0.15, 0.2) is 74.6 Å². The Morgan fingerprint density at radius 2 is 2.03 bits per heavy atom. The lowest BCUT2D eigenvalue weighted by molar-refractivity contribution is -0.137. The molecule has 2 unspecified atom stereocenters. The van der Waals surface area contributed by atoms with E-state index in [0.717, 1.165) is 36.3 Å². The van der Waals surface area contributed by atoms with Crippen molar-refractivity contribution >= 4 is 35.3 Å². The van der Waals surface area contributed by atoms with E-state index in [0.29, 0.717) is 5.76 Å². The normalized spacial score (nSPS) is 21.1. The van der Waals surface area contributed by atoms with Gasteiger partial charge in [-0.1, -0.05) is 11.6 Å². The SMILES string of the molecule is O=C(OCC(=O)N1N=C2C(=Cc3ccco3)CCCC2C1c1ccco1)c1cccnc1Cl. The Morgan fingerprint density at radius 3 is 2.79 bits per heavy atom. The molecule has 1 aliphatic carbocycles. The summed E-state index contributed by atoms with van der Waals surface area (Å²) in [6.07, 6.45) is 9.25. The summed E-state index contributed by atoms with van der Waals surface area (Å²) in [7, 11) is 0. The minimum Gasteiger partial charge on any atom is -0.467 e. The summed E-state index contributed by atoms with van der Waals surface area (Å²) in [6.45, 7) is -0.484. The van der Waals surface area contributed by atoms with Crippen LogP contribution >= 0.6 is 11.6 Å². The van der Waals surface area contributed by atoms with Crippen molar-refractivity contribution in [1.82, 2.24) is 9.99 Å². The molecule has 2 aliphatic rings. The molecule has 0 bridgehead atoms. The predicted molar refractivity (Wildman–Crippen MR) is 119 cm³/mol. The van der Waals surface area contributed by atoms with E-state index in [1.807, 2.05) is 24.3 Å². The molecular formula is C24H20ClN3O5. The fraction of sp³-hybridized carbons (Fsp3) is 0.250. The zero-order chi connectivity index (χ0) is 22.8. The summed E-state index contributed by atoms with van der Waals surface area (Å²) in [5.74, 6) is 0.157. The molecule has 1 aliphatic heterocycles. The van der Waals surface area contributed by atoms with Gasteiger partial charge in [-0.05, 0) is 67.3 Å². The average molecular weight is 466 g/mol. The van der Waals surface area contributed by atoms with Gasteiger partial charge in [-0.15, -0.1) is 0 Å². The molecule has 33 heavy (non-hydrogen) atoms. The van der Waals surface area contributed by atoms with Crippen LogP contribution in [0.4, 0.5) is 0 Å². The molecule has 0 spiro atoms. The van der Waals surface area contributed by atoms with Gasteiger partial charge in [0.1, 0.15) is 22.7 Å². The Balaban J connectivity index is 1.40. The van der Waals surface area contributed by atoms with Crippen molar-refractivity contribution in [3.05, 3.63) is 82.9 Å². The molecule has 0 saturated heterocycles. The lowest BCUT2D eigenvalue weighted by atomic mass is 9.79. The largest absolute Gasteiger partial charge is 0.467 e. The summed E-state index contributed by atoms with van der Waals surface area (Å²) < 4.78 is 16.4. The first kappa shape index (κ1) is 21.2. The monoisotopic (exact) mass is 465 g/mol. The van der Waals surface area contributed by atoms with Crippen molar-refractivity contribution in [1.29, 1.82) is 0 Å². The molecule has 4 heterocycles. The number of hydrogen-bond acceptors (Lipinski definition) is 7. The zero-order valence-electron chi connectivity index (χ0n) is 17.5. The molecule has 1 fully saturated rings. The Morgan fingerprint density at radius 1 is 1.18 bits per heavy atom. The highest BCUT2D eigenvalue weighted by Crippen LogP contribution is 2.44. The van der Waals surface area contributed by atoms with Crippen LogP contribution in [0, 0.1) is 5.92 Å². The van der Waals surface area contributed by atoms with Gasteiger partial charge in [0.15, 0.2) is 6.61 Å². The van der Waals surface area contributed by atoms with Gasteiger partial charge in [0.2, 0.25) is 0 Å². The maximum atomic E-state index is 13.2. The summed E-state index contributed by atoms with van der Waals surface area (Å²) in [4.78, 5) is 29.4. The highest BCUT2D eigenvalue weighted by molar-refractivity contribution is 6.32. The molecule has 5 rings (SSSR count). The molecular weight excluding hydrogens is 446 g/mol.